The molecule has 1 heterocycles. The van der Waals surface area contributed by atoms with Crippen LogP contribution in [0.3, 0.4) is 0 Å². The first-order chi connectivity index (χ1) is 16.3. The Bertz CT molecular complexity index is 953. The Labute approximate surface area is 200 Å². The van der Waals surface area contributed by atoms with Crippen LogP contribution in [0.5, 0.6) is 0 Å². The lowest BCUT2D eigenvalue weighted by atomic mass is 9.77. The van der Waals surface area contributed by atoms with Crippen LogP contribution in [0.4, 0.5) is 0 Å². The lowest BCUT2D eigenvalue weighted by Gasteiger charge is -2.34. The fourth-order valence-corrected chi connectivity index (χ4v) is 6.15. The van der Waals surface area contributed by atoms with Crippen molar-refractivity contribution in [1.82, 2.24) is 4.90 Å². The molecule has 1 saturated heterocycles. The van der Waals surface area contributed by atoms with Gasteiger partial charge in [-0.15, -0.1) is 0 Å². The molecule has 0 N–H and O–H groups in total. The maximum absolute atomic E-state index is 2.66. The van der Waals surface area contributed by atoms with E-state index in [1.807, 2.05) is 0 Å². The Kier molecular flexibility index (Phi) is 7.27. The second kappa shape index (κ2) is 10.7. The summed E-state index contributed by atoms with van der Waals surface area (Å²) < 4.78 is 0. The van der Waals surface area contributed by atoms with E-state index in [2.05, 4.69) is 95.9 Å². The van der Waals surface area contributed by atoms with E-state index in [9.17, 15) is 0 Å². The van der Waals surface area contributed by atoms with E-state index in [1.165, 1.54) is 81.1 Å². The molecule has 172 valence electrons. The molecule has 0 amide bonds. The first-order valence-electron chi connectivity index (χ1n) is 13.1. The molecule has 2 fully saturated rings. The molecule has 33 heavy (non-hydrogen) atoms. The molecule has 1 aliphatic carbocycles. The highest BCUT2D eigenvalue weighted by molar-refractivity contribution is 5.20. The second-order valence-electron chi connectivity index (χ2n) is 10.9. The van der Waals surface area contributed by atoms with Crippen LogP contribution in [0.2, 0.25) is 0 Å². The highest BCUT2D eigenvalue weighted by Gasteiger charge is 2.44. The third-order valence-corrected chi connectivity index (χ3v) is 8.09. The SMILES string of the molecule is c1ccc(CC(CC2CCN(Cc3ccccc3)CC2)CC2(Cc3ccccc3)CC2)cc1. The maximum atomic E-state index is 2.66. The largest absolute Gasteiger partial charge is 0.299 e. The van der Waals surface area contributed by atoms with Gasteiger partial charge in [0.1, 0.15) is 0 Å². The summed E-state index contributed by atoms with van der Waals surface area (Å²) in [6.45, 7) is 3.63. The van der Waals surface area contributed by atoms with E-state index in [-0.39, 0.29) is 0 Å². The predicted octanol–water partition coefficient (Wildman–Crippen LogP) is 7.56. The molecule has 0 radical (unpaired) electrons. The van der Waals surface area contributed by atoms with Crippen LogP contribution in [-0.2, 0) is 19.4 Å². The molecular formula is C32H39N. The van der Waals surface area contributed by atoms with Gasteiger partial charge in [0.2, 0.25) is 0 Å². The number of likely N-dealkylation sites (tertiary alicyclic amines) is 1. The molecule has 0 aromatic heterocycles. The van der Waals surface area contributed by atoms with Crippen molar-refractivity contribution >= 4 is 0 Å². The lowest BCUT2D eigenvalue weighted by molar-refractivity contribution is 0.153. The van der Waals surface area contributed by atoms with E-state index < -0.39 is 0 Å². The zero-order valence-corrected chi connectivity index (χ0v) is 20.0. The highest BCUT2D eigenvalue weighted by Crippen LogP contribution is 2.54. The fraction of sp³-hybridized carbons (Fsp3) is 0.438. The molecule has 3 aromatic rings. The van der Waals surface area contributed by atoms with Crippen molar-refractivity contribution < 1.29 is 0 Å². The molecule has 0 spiro atoms. The Hall–Kier alpha value is -2.38. The smallest absolute Gasteiger partial charge is 0.0233 e. The minimum absolute atomic E-state index is 0.564. The first kappa shape index (κ1) is 22.4. The summed E-state index contributed by atoms with van der Waals surface area (Å²) in [6, 6.07) is 33.5. The monoisotopic (exact) mass is 437 g/mol. The van der Waals surface area contributed by atoms with Crippen molar-refractivity contribution in [2.75, 3.05) is 13.1 Å². The van der Waals surface area contributed by atoms with Crippen molar-refractivity contribution in [1.29, 1.82) is 0 Å². The Morgan fingerprint density at radius 2 is 1.24 bits per heavy atom. The standard InChI is InChI=1S/C32H39N/c1-4-10-27(11-5-1)22-31(25-32(18-19-32)24-29-12-6-2-7-13-29)23-28-16-20-33(21-17-28)26-30-14-8-3-9-15-30/h1-15,28,31H,16-26H2. The average Bonchev–Trinajstić information content (AvgIpc) is 3.61. The van der Waals surface area contributed by atoms with Gasteiger partial charge in [-0.1, -0.05) is 91.0 Å². The summed E-state index contributed by atoms with van der Waals surface area (Å²) in [5.74, 6) is 1.70. The summed E-state index contributed by atoms with van der Waals surface area (Å²) in [5, 5.41) is 0. The van der Waals surface area contributed by atoms with Crippen LogP contribution in [-0.4, -0.2) is 18.0 Å². The van der Waals surface area contributed by atoms with Crippen LogP contribution in [0, 0.1) is 17.3 Å². The normalized spacial score (nSPS) is 19.3. The average molecular weight is 438 g/mol. The van der Waals surface area contributed by atoms with Gasteiger partial charge in [0.25, 0.3) is 0 Å². The zero-order valence-electron chi connectivity index (χ0n) is 20.0. The van der Waals surface area contributed by atoms with Gasteiger partial charge in [-0.2, -0.15) is 0 Å². The Balaban J connectivity index is 1.19. The second-order valence-corrected chi connectivity index (χ2v) is 10.9. The first-order valence-corrected chi connectivity index (χ1v) is 13.1. The summed E-state index contributed by atoms with van der Waals surface area (Å²) in [6.07, 6.45) is 10.9. The predicted molar refractivity (Wildman–Crippen MR) is 139 cm³/mol. The third kappa shape index (κ3) is 6.58. The summed E-state index contributed by atoms with van der Waals surface area (Å²) >= 11 is 0. The van der Waals surface area contributed by atoms with Gasteiger partial charge < -0.3 is 0 Å². The van der Waals surface area contributed by atoms with Crippen LogP contribution in [0.15, 0.2) is 91.0 Å². The van der Waals surface area contributed by atoms with Gasteiger partial charge in [0, 0.05) is 6.54 Å². The number of benzene rings is 3. The minimum Gasteiger partial charge on any atom is -0.299 e. The molecule has 1 atom stereocenters. The molecule has 0 bridgehead atoms. The molecule has 1 heteroatoms. The van der Waals surface area contributed by atoms with Gasteiger partial charge in [-0.3, -0.25) is 4.90 Å². The van der Waals surface area contributed by atoms with Gasteiger partial charge in [-0.05, 0) is 98.4 Å². The molecule has 3 aromatic carbocycles. The van der Waals surface area contributed by atoms with Gasteiger partial charge in [-0.25, -0.2) is 0 Å². The molecule has 5 rings (SSSR count). The molecule has 1 aliphatic heterocycles. The van der Waals surface area contributed by atoms with Crippen LogP contribution >= 0.6 is 0 Å². The molecular weight excluding hydrogens is 398 g/mol. The number of hydrogen-bond donors (Lipinski definition) is 0. The lowest BCUT2D eigenvalue weighted by Crippen LogP contribution is -2.34. The van der Waals surface area contributed by atoms with E-state index >= 15 is 0 Å². The number of hydrogen-bond acceptors (Lipinski definition) is 1. The Morgan fingerprint density at radius 1 is 0.697 bits per heavy atom. The quantitative estimate of drug-likeness (QED) is 0.316. The van der Waals surface area contributed by atoms with Crippen LogP contribution in [0.1, 0.15) is 55.2 Å². The van der Waals surface area contributed by atoms with Crippen LogP contribution < -0.4 is 0 Å². The minimum atomic E-state index is 0.564. The number of piperidine rings is 1. The molecule has 1 nitrogen and oxygen atoms in total. The Morgan fingerprint density at radius 3 is 1.82 bits per heavy atom. The van der Waals surface area contributed by atoms with Gasteiger partial charge in [0.05, 0.1) is 0 Å². The van der Waals surface area contributed by atoms with Gasteiger partial charge in [0.15, 0.2) is 0 Å². The summed E-state index contributed by atoms with van der Waals surface area (Å²) in [7, 11) is 0. The summed E-state index contributed by atoms with van der Waals surface area (Å²) in [5.41, 5.74) is 5.08. The van der Waals surface area contributed by atoms with Crippen molar-refractivity contribution in [2.45, 2.75) is 57.9 Å². The number of rotatable bonds is 10. The topological polar surface area (TPSA) is 3.24 Å². The highest BCUT2D eigenvalue weighted by atomic mass is 15.1. The van der Waals surface area contributed by atoms with Crippen molar-refractivity contribution in [3.8, 4) is 0 Å². The van der Waals surface area contributed by atoms with Crippen LogP contribution in [0.25, 0.3) is 0 Å². The van der Waals surface area contributed by atoms with Crippen molar-refractivity contribution in [3.05, 3.63) is 108 Å². The zero-order chi connectivity index (χ0) is 22.3. The van der Waals surface area contributed by atoms with Crippen molar-refractivity contribution in [3.63, 3.8) is 0 Å². The maximum Gasteiger partial charge on any atom is 0.0233 e. The molecule has 1 unspecified atom stereocenters. The van der Waals surface area contributed by atoms with E-state index in [4.69, 9.17) is 0 Å². The third-order valence-electron chi connectivity index (χ3n) is 8.09. The number of nitrogens with zero attached hydrogens (tertiary/aromatic N) is 1. The van der Waals surface area contributed by atoms with Crippen molar-refractivity contribution in [2.24, 2.45) is 17.3 Å². The van der Waals surface area contributed by atoms with E-state index in [0.29, 0.717) is 5.41 Å². The fourth-order valence-electron chi connectivity index (χ4n) is 6.15. The summed E-state index contributed by atoms with van der Waals surface area (Å²) in [4.78, 5) is 2.66. The van der Waals surface area contributed by atoms with E-state index in [0.717, 1.165) is 18.4 Å². The van der Waals surface area contributed by atoms with Gasteiger partial charge >= 0.3 is 0 Å². The molecule has 2 aliphatic rings. The van der Waals surface area contributed by atoms with E-state index in [1.54, 1.807) is 0 Å². The molecule has 1 saturated carbocycles.